The van der Waals surface area contributed by atoms with Gasteiger partial charge in [0.1, 0.15) is 0 Å². The van der Waals surface area contributed by atoms with Crippen molar-refractivity contribution in [2.24, 2.45) is 5.92 Å². The number of anilines is 1. The molecule has 7 nitrogen and oxygen atoms in total. The van der Waals surface area contributed by atoms with E-state index in [1.807, 2.05) is 25.8 Å². The van der Waals surface area contributed by atoms with Crippen LogP contribution in [0.3, 0.4) is 0 Å². The van der Waals surface area contributed by atoms with Gasteiger partial charge in [0.05, 0.1) is 17.1 Å². The summed E-state index contributed by atoms with van der Waals surface area (Å²) in [7, 11) is 1.88. The van der Waals surface area contributed by atoms with Crippen molar-refractivity contribution in [1.29, 1.82) is 0 Å². The van der Waals surface area contributed by atoms with Crippen LogP contribution in [0.1, 0.15) is 62.8 Å². The number of likely N-dealkylation sites (tertiary alicyclic amines) is 1. The number of aromatic nitrogens is 2. The van der Waals surface area contributed by atoms with E-state index >= 15 is 0 Å². The fourth-order valence-electron chi connectivity index (χ4n) is 4.56. The zero-order valence-corrected chi connectivity index (χ0v) is 18.3. The van der Waals surface area contributed by atoms with Gasteiger partial charge in [-0.2, -0.15) is 9.97 Å². The summed E-state index contributed by atoms with van der Waals surface area (Å²) >= 11 is 0. The van der Waals surface area contributed by atoms with Gasteiger partial charge < -0.3 is 20.3 Å². The Morgan fingerprint density at radius 3 is 2.34 bits per heavy atom. The Kier molecular flexibility index (Phi) is 7.70. The van der Waals surface area contributed by atoms with E-state index < -0.39 is 0 Å². The molecule has 1 aromatic heterocycles. The summed E-state index contributed by atoms with van der Waals surface area (Å²) in [6.45, 7) is 6.96. The number of hydrogen-bond donors (Lipinski definition) is 1. The molecule has 0 radical (unpaired) electrons. The number of carbonyl (C=O) groups excluding carboxylic acids is 1. The number of ether oxygens (including phenoxy) is 1. The lowest BCUT2D eigenvalue weighted by molar-refractivity contribution is -0.135. The summed E-state index contributed by atoms with van der Waals surface area (Å²) in [5.74, 6) is 0.909. The molecule has 3 rings (SSSR count). The molecular weight excluding hydrogens is 366 g/mol. The van der Waals surface area contributed by atoms with Crippen LogP contribution in [-0.2, 0) is 4.79 Å². The lowest BCUT2D eigenvalue weighted by atomic mass is 9.87. The highest BCUT2D eigenvalue weighted by Crippen LogP contribution is 2.27. The maximum absolute atomic E-state index is 12.6. The van der Waals surface area contributed by atoms with Gasteiger partial charge in [0.15, 0.2) is 6.61 Å². The molecule has 0 atom stereocenters. The molecule has 0 unspecified atom stereocenters. The molecule has 0 bridgehead atoms. The monoisotopic (exact) mass is 403 g/mol. The average Bonchev–Trinajstić information content (AvgIpc) is 2.74. The summed E-state index contributed by atoms with van der Waals surface area (Å²) in [4.78, 5) is 25.4. The number of nitrogens with zero attached hydrogens (tertiary/aromatic N) is 4. The van der Waals surface area contributed by atoms with Gasteiger partial charge in [0.2, 0.25) is 0 Å². The molecule has 1 saturated carbocycles. The minimum absolute atomic E-state index is 0.0265. The molecule has 2 aliphatic rings. The highest BCUT2D eigenvalue weighted by atomic mass is 16.5. The minimum Gasteiger partial charge on any atom is -0.453 e. The molecule has 2 N–H and O–H groups in total. The molecule has 1 saturated heterocycles. The Labute approximate surface area is 175 Å². The zero-order chi connectivity index (χ0) is 20.8. The van der Waals surface area contributed by atoms with Crippen molar-refractivity contribution in [3.63, 3.8) is 0 Å². The Bertz CT molecular complexity index is 659. The summed E-state index contributed by atoms with van der Waals surface area (Å²) in [5.41, 5.74) is 7.78. The number of amides is 1. The third-order valence-corrected chi connectivity index (χ3v) is 6.71. The molecular formula is C22H37N5O2. The topological polar surface area (TPSA) is 84.6 Å². The molecule has 2 heterocycles. The zero-order valence-electron chi connectivity index (χ0n) is 18.3. The number of rotatable bonds is 7. The fourth-order valence-corrected chi connectivity index (χ4v) is 4.56. The van der Waals surface area contributed by atoms with Crippen molar-refractivity contribution in [1.82, 2.24) is 19.8 Å². The second kappa shape index (κ2) is 10.2. The van der Waals surface area contributed by atoms with E-state index in [0.29, 0.717) is 17.1 Å². The number of likely N-dealkylation sites (N-methyl/N-ethyl adjacent to an activating group) is 1. The average molecular weight is 404 g/mol. The van der Waals surface area contributed by atoms with Gasteiger partial charge in [-0.15, -0.1) is 0 Å². The Balaban J connectivity index is 1.39. The second-order valence-corrected chi connectivity index (χ2v) is 8.75. The second-order valence-electron chi connectivity index (χ2n) is 8.75. The Hall–Kier alpha value is -1.89. The third kappa shape index (κ3) is 6.04. The van der Waals surface area contributed by atoms with E-state index in [9.17, 15) is 4.79 Å². The molecule has 7 heteroatoms. The van der Waals surface area contributed by atoms with Crippen molar-refractivity contribution in [2.75, 3.05) is 39.0 Å². The van der Waals surface area contributed by atoms with Crippen LogP contribution in [0.25, 0.3) is 0 Å². The highest BCUT2D eigenvalue weighted by Gasteiger charge is 2.26. The molecule has 162 valence electrons. The van der Waals surface area contributed by atoms with Crippen LogP contribution < -0.4 is 10.5 Å². The molecule has 2 fully saturated rings. The van der Waals surface area contributed by atoms with Gasteiger partial charge in [-0.05, 0) is 45.6 Å². The van der Waals surface area contributed by atoms with Crippen LogP contribution in [0.15, 0.2) is 0 Å². The maximum Gasteiger partial charge on any atom is 0.317 e. The van der Waals surface area contributed by atoms with Gasteiger partial charge >= 0.3 is 6.01 Å². The first kappa shape index (κ1) is 21.8. The van der Waals surface area contributed by atoms with Crippen LogP contribution >= 0.6 is 0 Å². The molecule has 0 aromatic carbocycles. The quantitative estimate of drug-likeness (QED) is 0.753. The van der Waals surface area contributed by atoms with Crippen LogP contribution in [0.5, 0.6) is 6.01 Å². The van der Waals surface area contributed by atoms with E-state index in [2.05, 4.69) is 14.9 Å². The molecule has 1 aliphatic carbocycles. The number of nitrogens with two attached hydrogens (primary N) is 1. The number of carbonyl (C=O) groups is 1. The normalized spacial score (nSPS) is 19.3. The number of aryl methyl sites for hydroxylation is 2. The summed E-state index contributed by atoms with van der Waals surface area (Å²) < 4.78 is 5.54. The lowest BCUT2D eigenvalue weighted by Crippen LogP contribution is -2.47. The Morgan fingerprint density at radius 1 is 1.10 bits per heavy atom. The summed E-state index contributed by atoms with van der Waals surface area (Å²) in [6.07, 6.45) is 10.5. The van der Waals surface area contributed by atoms with E-state index in [1.54, 1.807) is 0 Å². The fraction of sp³-hybridized carbons (Fsp3) is 0.773. The van der Waals surface area contributed by atoms with Gasteiger partial charge in [0.25, 0.3) is 5.91 Å². The number of piperidine rings is 1. The summed E-state index contributed by atoms with van der Waals surface area (Å²) in [5, 5.41) is 0. The molecule has 1 aliphatic heterocycles. The van der Waals surface area contributed by atoms with Crippen LogP contribution in [0.4, 0.5) is 5.69 Å². The van der Waals surface area contributed by atoms with Crippen molar-refractivity contribution >= 4 is 11.6 Å². The van der Waals surface area contributed by atoms with Crippen molar-refractivity contribution in [3.05, 3.63) is 11.4 Å². The first-order valence-electron chi connectivity index (χ1n) is 11.2. The van der Waals surface area contributed by atoms with E-state index in [1.165, 1.54) is 45.1 Å². The number of nitrogen functional groups attached to an aromatic ring is 1. The lowest BCUT2D eigenvalue weighted by Gasteiger charge is -2.37. The first-order chi connectivity index (χ1) is 13.9. The van der Waals surface area contributed by atoms with Crippen molar-refractivity contribution in [2.45, 2.75) is 71.3 Å². The third-order valence-electron chi connectivity index (χ3n) is 6.71. The van der Waals surface area contributed by atoms with Crippen molar-refractivity contribution in [3.8, 4) is 6.01 Å². The van der Waals surface area contributed by atoms with Crippen LogP contribution in [0.2, 0.25) is 0 Å². The predicted octanol–water partition coefficient (Wildman–Crippen LogP) is 2.95. The van der Waals surface area contributed by atoms with Crippen LogP contribution in [-0.4, -0.2) is 65.0 Å². The van der Waals surface area contributed by atoms with Gasteiger partial charge in [-0.1, -0.05) is 32.1 Å². The highest BCUT2D eigenvalue weighted by molar-refractivity contribution is 5.77. The Morgan fingerprint density at radius 2 is 1.72 bits per heavy atom. The largest absolute Gasteiger partial charge is 0.453 e. The molecule has 1 aromatic rings. The predicted molar refractivity (Wildman–Crippen MR) is 115 cm³/mol. The number of hydrogen-bond acceptors (Lipinski definition) is 6. The van der Waals surface area contributed by atoms with E-state index in [-0.39, 0.29) is 24.6 Å². The molecule has 0 spiro atoms. The van der Waals surface area contributed by atoms with Gasteiger partial charge in [-0.3, -0.25) is 4.79 Å². The van der Waals surface area contributed by atoms with Crippen LogP contribution in [0, 0.1) is 19.8 Å². The molecule has 29 heavy (non-hydrogen) atoms. The summed E-state index contributed by atoms with van der Waals surface area (Å²) in [6, 6.07) is 0.501. The van der Waals surface area contributed by atoms with E-state index in [4.69, 9.17) is 10.5 Å². The van der Waals surface area contributed by atoms with Gasteiger partial charge in [-0.25, -0.2) is 0 Å². The van der Waals surface area contributed by atoms with Gasteiger partial charge in [0, 0.05) is 26.2 Å². The smallest absolute Gasteiger partial charge is 0.317 e. The van der Waals surface area contributed by atoms with Crippen molar-refractivity contribution < 1.29 is 9.53 Å². The first-order valence-corrected chi connectivity index (χ1v) is 11.2. The minimum atomic E-state index is -0.0405. The standard InChI is InChI=1S/C22H37N5O2/c1-16-21(23)17(2)25-22(24-16)29-15-20(28)26(3)19-10-13-27(14-11-19)12-9-18-7-5-4-6-8-18/h18-19H,4-15,23H2,1-3H3. The van der Waals surface area contributed by atoms with E-state index in [0.717, 1.165) is 31.8 Å². The molecule has 1 amide bonds. The maximum atomic E-state index is 12.6. The SMILES string of the molecule is Cc1nc(OCC(=O)N(C)C2CCN(CCC3CCCCC3)CC2)nc(C)c1N.